The third kappa shape index (κ3) is 4.14. The van der Waals surface area contributed by atoms with Crippen molar-refractivity contribution in [2.24, 2.45) is 0 Å². The van der Waals surface area contributed by atoms with Gasteiger partial charge in [0.2, 0.25) is 5.89 Å². The number of aromatic nitrogens is 1. The molecule has 1 saturated heterocycles. The highest BCUT2D eigenvalue weighted by Gasteiger charge is 2.33. The molecule has 0 aliphatic carbocycles. The van der Waals surface area contributed by atoms with Crippen LogP contribution in [0.1, 0.15) is 17.9 Å². The van der Waals surface area contributed by atoms with Gasteiger partial charge in [0.15, 0.2) is 15.4 Å². The van der Waals surface area contributed by atoms with Crippen molar-refractivity contribution in [1.29, 1.82) is 0 Å². The lowest BCUT2D eigenvalue weighted by Gasteiger charge is -2.26. The van der Waals surface area contributed by atoms with E-state index in [2.05, 4.69) is 9.88 Å². The summed E-state index contributed by atoms with van der Waals surface area (Å²) in [6.07, 6.45) is 0.638. The number of hydrogen-bond acceptors (Lipinski definition) is 6. The highest BCUT2D eigenvalue weighted by Crippen LogP contribution is 2.24. The van der Waals surface area contributed by atoms with Gasteiger partial charge in [0.25, 0.3) is 0 Å². The van der Waals surface area contributed by atoms with E-state index in [0.717, 1.165) is 22.4 Å². The van der Waals surface area contributed by atoms with Crippen LogP contribution in [-0.4, -0.2) is 43.0 Å². The largest absolute Gasteiger partial charge is 0.497 e. The Labute approximate surface area is 158 Å². The number of para-hydroxylation sites is 2. The summed E-state index contributed by atoms with van der Waals surface area (Å²) in [5, 5.41) is 0. The standard InChI is InChI=1S/C20H22N2O4S/c1-25-17-8-6-15(7-9-17)12-22(16-10-11-27(23,24)14-16)13-20-21-18-4-2-3-5-19(18)26-20/h2-9,16H,10-14H2,1H3. The van der Waals surface area contributed by atoms with Crippen LogP contribution in [0.4, 0.5) is 0 Å². The van der Waals surface area contributed by atoms with E-state index in [1.54, 1.807) is 7.11 Å². The van der Waals surface area contributed by atoms with Crippen LogP contribution in [0, 0.1) is 0 Å². The molecule has 3 aromatic rings. The molecule has 0 saturated carbocycles. The Hall–Kier alpha value is -2.38. The van der Waals surface area contributed by atoms with Gasteiger partial charge < -0.3 is 9.15 Å². The number of ether oxygens (including phenoxy) is 1. The molecular weight excluding hydrogens is 364 g/mol. The fraction of sp³-hybridized carbons (Fsp3) is 0.350. The van der Waals surface area contributed by atoms with Crippen LogP contribution in [0.2, 0.25) is 0 Å². The first-order chi connectivity index (χ1) is 13.0. The second-order valence-electron chi connectivity index (χ2n) is 6.89. The van der Waals surface area contributed by atoms with E-state index in [-0.39, 0.29) is 17.5 Å². The molecule has 0 N–H and O–H groups in total. The van der Waals surface area contributed by atoms with E-state index in [1.807, 2.05) is 48.5 Å². The van der Waals surface area contributed by atoms with E-state index in [9.17, 15) is 8.42 Å². The van der Waals surface area contributed by atoms with Crippen LogP contribution in [0.15, 0.2) is 52.9 Å². The minimum absolute atomic E-state index is 0.0351. The maximum Gasteiger partial charge on any atom is 0.209 e. The van der Waals surface area contributed by atoms with Gasteiger partial charge in [0, 0.05) is 12.6 Å². The summed E-state index contributed by atoms with van der Waals surface area (Å²) in [5.74, 6) is 1.83. The Morgan fingerprint density at radius 1 is 1.15 bits per heavy atom. The highest BCUT2D eigenvalue weighted by molar-refractivity contribution is 7.91. The number of oxazole rings is 1. The predicted octanol–water partition coefficient (Wildman–Crippen LogP) is 3.03. The Balaban J connectivity index is 1.58. The van der Waals surface area contributed by atoms with Crippen molar-refractivity contribution in [2.75, 3.05) is 18.6 Å². The van der Waals surface area contributed by atoms with E-state index in [1.165, 1.54) is 0 Å². The van der Waals surface area contributed by atoms with Crippen LogP contribution in [0.5, 0.6) is 5.75 Å². The minimum Gasteiger partial charge on any atom is -0.497 e. The molecule has 1 atom stereocenters. The van der Waals surface area contributed by atoms with E-state index < -0.39 is 9.84 Å². The van der Waals surface area contributed by atoms with Gasteiger partial charge in [-0.3, -0.25) is 4.90 Å². The molecule has 0 bridgehead atoms. The van der Waals surface area contributed by atoms with Crippen molar-refractivity contribution >= 4 is 20.9 Å². The molecule has 0 spiro atoms. The topological polar surface area (TPSA) is 72.6 Å². The van der Waals surface area contributed by atoms with E-state index in [0.29, 0.717) is 25.4 Å². The van der Waals surface area contributed by atoms with Crippen LogP contribution >= 0.6 is 0 Å². The number of methoxy groups -OCH3 is 1. The van der Waals surface area contributed by atoms with Gasteiger partial charge in [-0.05, 0) is 36.2 Å². The molecule has 1 aliphatic rings. The molecule has 27 heavy (non-hydrogen) atoms. The van der Waals surface area contributed by atoms with Gasteiger partial charge in [-0.15, -0.1) is 0 Å². The van der Waals surface area contributed by atoms with Gasteiger partial charge in [-0.1, -0.05) is 24.3 Å². The van der Waals surface area contributed by atoms with Crippen LogP contribution in [-0.2, 0) is 22.9 Å². The normalized spacial score (nSPS) is 19.0. The molecule has 0 amide bonds. The number of benzene rings is 2. The first kappa shape index (κ1) is 18.0. The van der Waals surface area contributed by atoms with Gasteiger partial charge in [-0.25, -0.2) is 13.4 Å². The third-order valence-corrected chi connectivity index (χ3v) is 6.70. The summed E-state index contributed by atoms with van der Waals surface area (Å²) in [6.45, 7) is 1.10. The molecule has 2 heterocycles. The van der Waals surface area contributed by atoms with E-state index >= 15 is 0 Å². The van der Waals surface area contributed by atoms with Gasteiger partial charge in [0.1, 0.15) is 11.3 Å². The minimum atomic E-state index is -2.97. The molecule has 7 heteroatoms. The summed E-state index contributed by atoms with van der Waals surface area (Å²) in [4.78, 5) is 6.70. The van der Waals surface area contributed by atoms with E-state index in [4.69, 9.17) is 9.15 Å². The quantitative estimate of drug-likeness (QED) is 0.648. The lowest BCUT2D eigenvalue weighted by atomic mass is 10.1. The lowest BCUT2D eigenvalue weighted by Crippen LogP contribution is -2.35. The van der Waals surface area contributed by atoms with Gasteiger partial charge >= 0.3 is 0 Å². The Morgan fingerprint density at radius 3 is 2.59 bits per heavy atom. The SMILES string of the molecule is COc1ccc(CN(Cc2nc3ccccc3o2)C2CCS(=O)(=O)C2)cc1. The second-order valence-corrected chi connectivity index (χ2v) is 9.11. The van der Waals surface area contributed by atoms with Crippen LogP contribution < -0.4 is 4.74 Å². The number of sulfone groups is 1. The van der Waals surface area contributed by atoms with Crippen LogP contribution in [0.3, 0.4) is 0 Å². The zero-order chi connectivity index (χ0) is 18.9. The van der Waals surface area contributed by atoms with Crippen molar-refractivity contribution in [3.8, 4) is 5.75 Å². The van der Waals surface area contributed by atoms with Gasteiger partial charge in [0.05, 0.1) is 25.2 Å². The molecule has 0 radical (unpaired) electrons. The summed E-state index contributed by atoms with van der Waals surface area (Å²) < 4.78 is 35.1. The summed E-state index contributed by atoms with van der Waals surface area (Å²) in [5.41, 5.74) is 2.66. The van der Waals surface area contributed by atoms with Crippen molar-refractivity contribution in [3.63, 3.8) is 0 Å². The fourth-order valence-corrected chi connectivity index (χ4v) is 5.27. The molecule has 1 aliphatic heterocycles. The molecule has 1 aromatic heterocycles. The average molecular weight is 386 g/mol. The van der Waals surface area contributed by atoms with Gasteiger partial charge in [-0.2, -0.15) is 0 Å². The maximum absolute atomic E-state index is 12.0. The lowest BCUT2D eigenvalue weighted by molar-refractivity contribution is 0.177. The monoisotopic (exact) mass is 386 g/mol. The van der Waals surface area contributed by atoms with Crippen molar-refractivity contribution < 1.29 is 17.6 Å². The van der Waals surface area contributed by atoms with Crippen molar-refractivity contribution in [1.82, 2.24) is 9.88 Å². The number of rotatable bonds is 6. The first-order valence-corrected chi connectivity index (χ1v) is 10.8. The Kier molecular flexibility index (Phi) is 4.88. The smallest absolute Gasteiger partial charge is 0.209 e. The zero-order valence-corrected chi connectivity index (χ0v) is 16.0. The Bertz CT molecular complexity index is 995. The number of hydrogen-bond donors (Lipinski definition) is 0. The van der Waals surface area contributed by atoms with Crippen LogP contribution in [0.25, 0.3) is 11.1 Å². The second kappa shape index (κ2) is 7.32. The summed E-state index contributed by atoms with van der Waals surface area (Å²) >= 11 is 0. The highest BCUT2D eigenvalue weighted by atomic mass is 32.2. The molecule has 6 nitrogen and oxygen atoms in total. The Morgan fingerprint density at radius 2 is 1.93 bits per heavy atom. The molecule has 2 aromatic carbocycles. The molecule has 142 valence electrons. The molecular formula is C20H22N2O4S. The maximum atomic E-state index is 12.0. The summed E-state index contributed by atoms with van der Waals surface area (Å²) in [7, 11) is -1.34. The first-order valence-electron chi connectivity index (χ1n) is 8.94. The predicted molar refractivity (Wildman–Crippen MR) is 103 cm³/mol. The molecule has 4 rings (SSSR count). The average Bonchev–Trinajstić information content (AvgIpc) is 3.24. The number of nitrogens with zero attached hydrogens (tertiary/aromatic N) is 2. The van der Waals surface area contributed by atoms with Crippen molar-refractivity contribution in [3.05, 3.63) is 60.0 Å². The third-order valence-electron chi connectivity index (χ3n) is 4.95. The fourth-order valence-electron chi connectivity index (χ4n) is 3.50. The summed E-state index contributed by atoms with van der Waals surface area (Å²) in [6, 6.07) is 15.4. The molecule has 1 fully saturated rings. The molecule has 1 unspecified atom stereocenters. The van der Waals surface area contributed by atoms with Crippen molar-refractivity contribution in [2.45, 2.75) is 25.6 Å². The zero-order valence-electron chi connectivity index (χ0n) is 15.2. The number of fused-ring (bicyclic) bond motifs is 1.